The van der Waals surface area contributed by atoms with Crippen LogP contribution in [0.25, 0.3) is 0 Å². The predicted molar refractivity (Wildman–Crippen MR) is 219 cm³/mol. The van der Waals surface area contributed by atoms with Crippen LogP contribution in [0.2, 0.25) is 0 Å². The molecule has 19 heteroatoms. The zero-order valence-corrected chi connectivity index (χ0v) is 35.5. The lowest BCUT2D eigenvalue weighted by Crippen LogP contribution is -2.54. The van der Waals surface area contributed by atoms with E-state index in [1.807, 2.05) is 0 Å². The normalized spacial score (nSPS) is 13.6. The molecule has 0 radical (unpaired) electrons. The van der Waals surface area contributed by atoms with Gasteiger partial charge >= 0.3 is 6.09 Å². The molecule has 0 fully saturated rings. The number of aliphatic hydroxyl groups excluding tert-OH is 1. The number of rotatable bonds is 30. The van der Waals surface area contributed by atoms with E-state index >= 15 is 0 Å². The SMILES string of the molecule is CC(C)[C@H](NC(=O)CCOCCOCCOCCOCCNC(=O)CCN1C(=O)C=CC1=O)C(=O)N[C@@H](CCCCNC(=O)OC(C)(C)C)C(=O)Nc1ccc(CO)cc1. The second kappa shape index (κ2) is 28.5. The Morgan fingerprint density at radius 2 is 1.28 bits per heavy atom. The molecule has 1 aromatic carbocycles. The Bertz CT molecular complexity index is 1530. The van der Waals surface area contributed by atoms with Crippen molar-refractivity contribution in [2.75, 3.05) is 77.8 Å². The number of nitrogens with one attached hydrogen (secondary N) is 5. The fraction of sp³-hybridized carbons (Fsp3) is 0.634. The topological polar surface area (TPSA) is 249 Å². The molecular formula is C41H64N6O13. The summed E-state index contributed by atoms with van der Waals surface area (Å²) in [6.07, 6.45) is 3.08. The molecule has 2 rings (SSSR count). The highest BCUT2D eigenvalue weighted by Crippen LogP contribution is 2.13. The molecule has 0 aliphatic carbocycles. The van der Waals surface area contributed by atoms with E-state index in [0.717, 1.165) is 4.90 Å². The van der Waals surface area contributed by atoms with Crippen molar-refractivity contribution in [2.45, 2.75) is 91.0 Å². The van der Waals surface area contributed by atoms with Gasteiger partial charge in [-0.1, -0.05) is 26.0 Å². The van der Waals surface area contributed by atoms with Gasteiger partial charge in [0.05, 0.1) is 59.5 Å². The molecule has 0 unspecified atom stereocenters. The van der Waals surface area contributed by atoms with Crippen LogP contribution in [0.3, 0.4) is 0 Å². The molecule has 19 nitrogen and oxygen atoms in total. The molecule has 0 saturated carbocycles. The van der Waals surface area contributed by atoms with Gasteiger partial charge in [0.2, 0.25) is 23.6 Å². The number of hydrogen-bond donors (Lipinski definition) is 6. The van der Waals surface area contributed by atoms with Gasteiger partial charge in [-0.25, -0.2) is 4.79 Å². The number of benzene rings is 1. The number of carbonyl (C=O) groups is 7. The third-order valence-corrected chi connectivity index (χ3v) is 8.51. The van der Waals surface area contributed by atoms with Crippen molar-refractivity contribution in [1.29, 1.82) is 0 Å². The Labute approximate surface area is 352 Å². The number of carbonyl (C=O) groups excluding carboxylic acids is 7. The van der Waals surface area contributed by atoms with Gasteiger partial charge < -0.3 is 55.4 Å². The van der Waals surface area contributed by atoms with Crippen LogP contribution in [0.4, 0.5) is 10.5 Å². The maximum absolute atomic E-state index is 13.5. The average molecular weight is 849 g/mol. The van der Waals surface area contributed by atoms with Gasteiger partial charge in [0.1, 0.15) is 17.7 Å². The number of anilines is 1. The minimum Gasteiger partial charge on any atom is -0.444 e. The predicted octanol–water partition coefficient (Wildman–Crippen LogP) is 1.33. The molecule has 6 N–H and O–H groups in total. The van der Waals surface area contributed by atoms with Crippen LogP contribution >= 0.6 is 0 Å². The summed E-state index contributed by atoms with van der Waals surface area (Å²) in [6.45, 7) is 11.5. The Morgan fingerprint density at radius 1 is 0.700 bits per heavy atom. The van der Waals surface area contributed by atoms with Gasteiger partial charge in [0.25, 0.3) is 11.8 Å². The maximum Gasteiger partial charge on any atom is 0.407 e. The summed E-state index contributed by atoms with van der Waals surface area (Å²) in [6, 6.07) is 4.79. The summed E-state index contributed by atoms with van der Waals surface area (Å²) in [5.41, 5.74) is 0.530. The molecule has 1 heterocycles. The van der Waals surface area contributed by atoms with E-state index in [-0.39, 0.29) is 77.2 Å². The van der Waals surface area contributed by atoms with Gasteiger partial charge in [-0.2, -0.15) is 0 Å². The van der Waals surface area contributed by atoms with E-state index in [9.17, 15) is 38.7 Å². The van der Waals surface area contributed by atoms with E-state index in [1.54, 1.807) is 58.9 Å². The van der Waals surface area contributed by atoms with Crippen LogP contribution in [-0.2, 0) is 59.1 Å². The second-order valence-electron chi connectivity index (χ2n) is 15.1. The standard InChI is InChI=1S/C41H64N6O13/c1-29(2)37(39(54)45-32(8-6-7-17-43-40(55)60-41(3,4)5)38(53)44-31-11-9-30(28-48)10-12-31)46-34(50)16-20-56-22-24-58-26-27-59-25-23-57-21-18-42-33(49)15-19-47-35(51)13-14-36(47)52/h9-14,29,32,37,48H,6-8,15-28H2,1-5H3,(H,42,49)(H,43,55)(H,44,53)(H,45,54)(H,46,50)/t32-,37-/m0/s1. The number of amides is 7. The van der Waals surface area contributed by atoms with Crippen molar-refractivity contribution in [3.8, 4) is 0 Å². The number of alkyl carbamates (subject to hydrolysis) is 1. The monoisotopic (exact) mass is 848 g/mol. The Morgan fingerprint density at radius 3 is 1.85 bits per heavy atom. The quantitative estimate of drug-likeness (QED) is 0.0473. The highest BCUT2D eigenvalue weighted by atomic mass is 16.6. The van der Waals surface area contributed by atoms with Gasteiger partial charge in [0.15, 0.2) is 0 Å². The van der Waals surface area contributed by atoms with Gasteiger partial charge in [-0.15, -0.1) is 0 Å². The third-order valence-electron chi connectivity index (χ3n) is 8.51. The highest BCUT2D eigenvalue weighted by molar-refractivity contribution is 6.13. The van der Waals surface area contributed by atoms with Gasteiger partial charge in [-0.05, 0) is 63.6 Å². The smallest absolute Gasteiger partial charge is 0.407 e. The molecule has 0 bridgehead atoms. The summed E-state index contributed by atoms with van der Waals surface area (Å²) in [5, 5.41) is 23.0. The lowest BCUT2D eigenvalue weighted by molar-refractivity contribution is -0.137. The van der Waals surface area contributed by atoms with Crippen molar-refractivity contribution in [3.05, 3.63) is 42.0 Å². The molecule has 2 atom stereocenters. The first-order chi connectivity index (χ1) is 28.6. The minimum absolute atomic E-state index is 0.0000248. The van der Waals surface area contributed by atoms with Crippen LogP contribution in [0, 0.1) is 5.92 Å². The van der Waals surface area contributed by atoms with Gasteiger partial charge in [-0.3, -0.25) is 33.7 Å². The van der Waals surface area contributed by atoms with Crippen LogP contribution in [0.5, 0.6) is 0 Å². The number of hydrogen-bond acceptors (Lipinski definition) is 13. The van der Waals surface area contributed by atoms with Crippen LogP contribution < -0.4 is 26.6 Å². The molecule has 0 saturated heterocycles. The first kappa shape index (κ1) is 51.2. The zero-order valence-electron chi connectivity index (χ0n) is 35.5. The number of nitrogens with zero attached hydrogens (tertiary/aromatic N) is 1. The first-order valence-corrected chi connectivity index (χ1v) is 20.3. The van der Waals surface area contributed by atoms with Crippen LogP contribution in [0.15, 0.2) is 36.4 Å². The summed E-state index contributed by atoms with van der Waals surface area (Å²) in [5.74, 6) is -2.80. The summed E-state index contributed by atoms with van der Waals surface area (Å²) < 4.78 is 27.1. The molecule has 1 aliphatic heterocycles. The lowest BCUT2D eigenvalue weighted by atomic mass is 10.0. The largest absolute Gasteiger partial charge is 0.444 e. The van der Waals surface area contributed by atoms with Crippen molar-refractivity contribution < 1.29 is 62.4 Å². The molecule has 0 aromatic heterocycles. The number of ether oxygens (including phenoxy) is 5. The Hall–Kier alpha value is -4.95. The first-order valence-electron chi connectivity index (χ1n) is 20.3. The molecular weight excluding hydrogens is 784 g/mol. The lowest BCUT2D eigenvalue weighted by Gasteiger charge is -2.25. The fourth-order valence-electron chi connectivity index (χ4n) is 5.35. The second-order valence-corrected chi connectivity index (χ2v) is 15.1. The van der Waals surface area contributed by atoms with Crippen molar-refractivity contribution in [2.24, 2.45) is 5.92 Å². The Balaban J connectivity index is 1.62. The molecule has 7 amide bonds. The van der Waals surface area contributed by atoms with Crippen molar-refractivity contribution >= 4 is 47.2 Å². The van der Waals surface area contributed by atoms with E-state index in [0.29, 0.717) is 57.1 Å². The van der Waals surface area contributed by atoms with Crippen molar-refractivity contribution in [1.82, 2.24) is 26.2 Å². The highest BCUT2D eigenvalue weighted by Gasteiger charge is 2.29. The summed E-state index contributed by atoms with van der Waals surface area (Å²) in [4.78, 5) is 87.5. The summed E-state index contributed by atoms with van der Waals surface area (Å²) >= 11 is 0. The van der Waals surface area contributed by atoms with Crippen molar-refractivity contribution in [3.63, 3.8) is 0 Å². The Kier molecular flexibility index (Phi) is 24.3. The molecule has 0 spiro atoms. The summed E-state index contributed by atoms with van der Waals surface area (Å²) in [7, 11) is 0. The van der Waals surface area contributed by atoms with E-state index in [1.165, 1.54) is 12.2 Å². The van der Waals surface area contributed by atoms with Crippen LogP contribution in [0.1, 0.15) is 72.3 Å². The van der Waals surface area contributed by atoms with E-state index in [2.05, 4.69) is 26.6 Å². The minimum atomic E-state index is -0.942. The third kappa shape index (κ3) is 22.4. The molecule has 1 aromatic rings. The number of aliphatic hydroxyl groups is 1. The van der Waals surface area contributed by atoms with E-state index < -0.39 is 53.3 Å². The molecule has 60 heavy (non-hydrogen) atoms. The molecule has 336 valence electrons. The fourth-order valence-corrected chi connectivity index (χ4v) is 5.35. The average Bonchev–Trinajstić information content (AvgIpc) is 3.51. The van der Waals surface area contributed by atoms with Crippen LogP contribution in [-0.4, -0.2) is 142 Å². The zero-order chi connectivity index (χ0) is 44.3. The maximum atomic E-state index is 13.5. The molecule has 1 aliphatic rings. The number of imide groups is 1. The number of unbranched alkanes of at least 4 members (excludes halogenated alkanes) is 1. The van der Waals surface area contributed by atoms with Gasteiger partial charge in [0, 0.05) is 50.3 Å². The van der Waals surface area contributed by atoms with E-state index in [4.69, 9.17) is 23.7 Å².